The first-order chi connectivity index (χ1) is 12.1. The molecule has 2 heterocycles. The molecule has 0 spiro atoms. The van der Waals surface area contributed by atoms with E-state index in [9.17, 15) is 9.59 Å². The summed E-state index contributed by atoms with van der Waals surface area (Å²) < 4.78 is 5.30. The molecule has 2 aliphatic heterocycles. The number of methoxy groups -OCH3 is 1. The van der Waals surface area contributed by atoms with E-state index in [-0.39, 0.29) is 24.2 Å². The highest BCUT2D eigenvalue weighted by molar-refractivity contribution is 6.31. The molecule has 1 unspecified atom stereocenters. The van der Waals surface area contributed by atoms with Gasteiger partial charge in [0.2, 0.25) is 11.8 Å². The molecule has 1 atom stereocenters. The predicted molar refractivity (Wildman–Crippen MR) is 104 cm³/mol. The van der Waals surface area contributed by atoms with E-state index in [2.05, 4.69) is 10.6 Å². The highest BCUT2D eigenvalue weighted by Crippen LogP contribution is 2.31. The predicted octanol–water partition coefficient (Wildman–Crippen LogP) is 2.00. The van der Waals surface area contributed by atoms with Crippen LogP contribution in [0.4, 0.5) is 5.69 Å². The van der Waals surface area contributed by atoms with Gasteiger partial charge in [-0.3, -0.25) is 9.59 Å². The zero-order chi connectivity index (χ0) is 17.9. The van der Waals surface area contributed by atoms with Crippen molar-refractivity contribution >= 4 is 41.5 Å². The first kappa shape index (κ1) is 21.0. The number of nitrogens with zero attached hydrogens (tertiary/aromatic N) is 1. The minimum Gasteiger partial charge on any atom is -0.384 e. The maximum Gasteiger partial charge on any atom is 0.249 e. The Morgan fingerprint density at radius 2 is 2.15 bits per heavy atom. The maximum absolute atomic E-state index is 12.9. The van der Waals surface area contributed by atoms with Crippen molar-refractivity contribution in [3.63, 3.8) is 0 Å². The molecule has 2 aliphatic rings. The second-order valence-corrected chi connectivity index (χ2v) is 7.18. The number of hydrogen-bond acceptors (Lipinski definition) is 4. The van der Waals surface area contributed by atoms with Crippen LogP contribution in [0.1, 0.15) is 19.3 Å². The third kappa shape index (κ3) is 4.31. The molecule has 1 aromatic rings. The van der Waals surface area contributed by atoms with Crippen LogP contribution in [0.5, 0.6) is 0 Å². The van der Waals surface area contributed by atoms with Gasteiger partial charge in [-0.15, -0.1) is 12.4 Å². The number of carbonyl (C=O) groups excluding carboxylic acids is 2. The van der Waals surface area contributed by atoms with E-state index in [4.69, 9.17) is 16.3 Å². The topological polar surface area (TPSA) is 70.7 Å². The van der Waals surface area contributed by atoms with Gasteiger partial charge in [-0.1, -0.05) is 17.7 Å². The molecule has 2 amide bonds. The van der Waals surface area contributed by atoms with Gasteiger partial charge >= 0.3 is 0 Å². The molecule has 0 aliphatic carbocycles. The van der Waals surface area contributed by atoms with Crippen LogP contribution in [-0.4, -0.2) is 51.2 Å². The summed E-state index contributed by atoms with van der Waals surface area (Å²) in [4.78, 5) is 27.3. The number of benzene rings is 1. The Morgan fingerprint density at radius 3 is 2.81 bits per heavy atom. The molecule has 144 valence electrons. The van der Waals surface area contributed by atoms with Crippen molar-refractivity contribution in [3.8, 4) is 0 Å². The third-order valence-electron chi connectivity index (χ3n) is 5.09. The van der Waals surface area contributed by atoms with E-state index >= 15 is 0 Å². The molecule has 0 bridgehead atoms. The molecule has 2 saturated heterocycles. The first-order valence-corrected chi connectivity index (χ1v) is 9.01. The van der Waals surface area contributed by atoms with E-state index in [0.717, 1.165) is 18.8 Å². The van der Waals surface area contributed by atoms with E-state index in [1.165, 1.54) is 0 Å². The SMILES string of the molecule is COCC1(C(=O)NC2CCN(c3cccc(Cl)c3)C2=O)CCNCC1.Cl. The van der Waals surface area contributed by atoms with Gasteiger partial charge in [-0.2, -0.15) is 0 Å². The normalized spacial score (nSPS) is 22.0. The lowest BCUT2D eigenvalue weighted by Gasteiger charge is -2.36. The molecule has 0 saturated carbocycles. The molecule has 0 aromatic heterocycles. The number of carbonyl (C=O) groups is 2. The second kappa shape index (κ2) is 9.04. The number of amides is 2. The quantitative estimate of drug-likeness (QED) is 0.791. The number of hydrogen-bond donors (Lipinski definition) is 2. The van der Waals surface area contributed by atoms with Crippen molar-refractivity contribution in [3.05, 3.63) is 29.3 Å². The molecule has 1 aromatic carbocycles. The third-order valence-corrected chi connectivity index (χ3v) is 5.33. The van der Waals surface area contributed by atoms with Gasteiger partial charge in [0.15, 0.2) is 0 Å². The van der Waals surface area contributed by atoms with Crippen LogP contribution < -0.4 is 15.5 Å². The first-order valence-electron chi connectivity index (χ1n) is 8.63. The average Bonchev–Trinajstić information content (AvgIpc) is 2.97. The Hall–Kier alpha value is -1.34. The zero-order valence-electron chi connectivity index (χ0n) is 14.8. The van der Waals surface area contributed by atoms with Gasteiger partial charge in [0, 0.05) is 24.4 Å². The van der Waals surface area contributed by atoms with Crippen LogP contribution in [-0.2, 0) is 14.3 Å². The van der Waals surface area contributed by atoms with Crippen LogP contribution in [0.15, 0.2) is 24.3 Å². The monoisotopic (exact) mass is 401 g/mol. The van der Waals surface area contributed by atoms with E-state index in [1.807, 2.05) is 12.1 Å². The smallest absolute Gasteiger partial charge is 0.249 e. The van der Waals surface area contributed by atoms with E-state index in [0.29, 0.717) is 37.4 Å². The number of halogens is 2. The lowest BCUT2D eigenvalue weighted by atomic mass is 9.78. The van der Waals surface area contributed by atoms with Gasteiger partial charge in [-0.25, -0.2) is 0 Å². The van der Waals surface area contributed by atoms with Gasteiger partial charge in [0.25, 0.3) is 0 Å². The Kier molecular flexibility index (Phi) is 7.29. The summed E-state index contributed by atoms with van der Waals surface area (Å²) >= 11 is 6.02. The largest absolute Gasteiger partial charge is 0.384 e. The summed E-state index contributed by atoms with van der Waals surface area (Å²) in [6, 6.07) is 6.72. The van der Waals surface area contributed by atoms with Crippen molar-refractivity contribution in [2.24, 2.45) is 5.41 Å². The van der Waals surface area contributed by atoms with Crippen molar-refractivity contribution in [1.29, 1.82) is 0 Å². The van der Waals surface area contributed by atoms with Crippen LogP contribution in [0, 0.1) is 5.41 Å². The average molecular weight is 402 g/mol. The van der Waals surface area contributed by atoms with Crippen LogP contribution in [0.2, 0.25) is 5.02 Å². The van der Waals surface area contributed by atoms with Gasteiger partial charge in [-0.05, 0) is 50.6 Å². The van der Waals surface area contributed by atoms with E-state index < -0.39 is 11.5 Å². The van der Waals surface area contributed by atoms with Crippen molar-refractivity contribution in [2.75, 3.05) is 38.3 Å². The molecular formula is C18H25Cl2N3O3. The maximum atomic E-state index is 12.9. The zero-order valence-corrected chi connectivity index (χ0v) is 16.4. The summed E-state index contributed by atoms with van der Waals surface area (Å²) in [6.07, 6.45) is 2.02. The molecule has 2 N–H and O–H groups in total. The van der Waals surface area contributed by atoms with Crippen LogP contribution in [0.3, 0.4) is 0 Å². The number of rotatable bonds is 5. The summed E-state index contributed by atoms with van der Waals surface area (Å²) in [5.41, 5.74) is 0.215. The molecule has 6 nitrogen and oxygen atoms in total. The standard InChI is InChI=1S/C18H24ClN3O3.ClH/c1-25-12-18(6-8-20-9-7-18)17(24)21-15-5-10-22(16(15)23)14-4-2-3-13(19)11-14;/h2-4,11,15,20H,5-10,12H2,1H3,(H,21,24);1H. The molecular weight excluding hydrogens is 377 g/mol. The summed E-state index contributed by atoms with van der Waals surface area (Å²) in [7, 11) is 1.61. The lowest BCUT2D eigenvalue weighted by Crippen LogP contribution is -2.53. The minimum atomic E-state index is -0.552. The van der Waals surface area contributed by atoms with Crippen LogP contribution >= 0.6 is 24.0 Å². The Bertz CT molecular complexity index is 645. The highest BCUT2D eigenvalue weighted by atomic mass is 35.5. The Morgan fingerprint density at radius 1 is 1.42 bits per heavy atom. The Labute approximate surface area is 165 Å². The van der Waals surface area contributed by atoms with Gasteiger partial charge < -0.3 is 20.3 Å². The molecule has 2 fully saturated rings. The molecule has 26 heavy (non-hydrogen) atoms. The Balaban J connectivity index is 0.00000243. The van der Waals surface area contributed by atoms with Crippen LogP contribution in [0.25, 0.3) is 0 Å². The lowest BCUT2D eigenvalue weighted by molar-refractivity contribution is -0.138. The van der Waals surface area contributed by atoms with Crippen molar-refractivity contribution in [1.82, 2.24) is 10.6 Å². The fraction of sp³-hybridized carbons (Fsp3) is 0.556. The summed E-state index contributed by atoms with van der Waals surface area (Å²) in [5, 5.41) is 6.82. The number of ether oxygens (including phenoxy) is 1. The molecule has 8 heteroatoms. The highest BCUT2D eigenvalue weighted by Gasteiger charge is 2.43. The minimum absolute atomic E-state index is 0. The van der Waals surface area contributed by atoms with Gasteiger partial charge in [0.1, 0.15) is 6.04 Å². The van der Waals surface area contributed by atoms with Crippen molar-refractivity contribution in [2.45, 2.75) is 25.3 Å². The number of anilines is 1. The molecule has 3 rings (SSSR count). The number of nitrogens with one attached hydrogen (secondary N) is 2. The summed E-state index contributed by atoms with van der Waals surface area (Å²) in [6.45, 7) is 2.51. The fourth-order valence-electron chi connectivity index (χ4n) is 3.64. The number of piperidine rings is 1. The second-order valence-electron chi connectivity index (χ2n) is 6.75. The molecule has 0 radical (unpaired) electrons. The van der Waals surface area contributed by atoms with Gasteiger partial charge in [0.05, 0.1) is 12.0 Å². The fourth-order valence-corrected chi connectivity index (χ4v) is 3.83. The van der Waals surface area contributed by atoms with Crippen molar-refractivity contribution < 1.29 is 14.3 Å². The van der Waals surface area contributed by atoms with E-state index in [1.54, 1.807) is 24.1 Å². The summed E-state index contributed by atoms with van der Waals surface area (Å²) in [5.74, 6) is -0.167.